The molecule has 0 aliphatic rings. The van der Waals surface area contributed by atoms with Crippen LogP contribution in [0.5, 0.6) is 11.5 Å². The van der Waals surface area contributed by atoms with E-state index in [4.69, 9.17) is 21.1 Å². The predicted octanol–water partition coefficient (Wildman–Crippen LogP) is 4.67. The first-order valence-electron chi connectivity index (χ1n) is 8.81. The second-order valence-electron chi connectivity index (χ2n) is 5.72. The Labute approximate surface area is 163 Å². The van der Waals surface area contributed by atoms with Gasteiger partial charge >= 0.3 is 0 Å². The molecular weight excluding hydrogens is 364 g/mol. The molecular formula is C20H21ClN4O2. The summed E-state index contributed by atoms with van der Waals surface area (Å²) in [4.78, 5) is 0. The molecule has 0 aliphatic carbocycles. The van der Waals surface area contributed by atoms with Crippen molar-refractivity contribution in [2.24, 2.45) is 5.10 Å². The summed E-state index contributed by atoms with van der Waals surface area (Å²) in [6.45, 7) is 5.05. The van der Waals surface area contributed by atoms with Gasteiger partial charge in [0.25, 0.3) is 0 Å². The molecule has 0 saturated carbocycles. The van der Waals surface area contributed by atoms with Gasteiger partial charge < -0.3 is 9.47 Å². The maximum Gasteiger partial charge on any atom is 0.184 e. The molecule has 0 atom stereocenters. The van der Waals surface area contributed by atoms with Crippen LogP contribution >= 0.6 is 11.6 Å². The summed E-state index contributed by atoms with van der Waals surface area (Å²) in [6.07, 6.45) is 4.14. The number of ether oxygens (including phenoxy) is 2. The molecule has 27 heavy (non-hydrogen) atoms. The van der Waals surface area contributed by atoms with E-state index in [9.17, 15) is 0 Å². The van der Waals surface area contributed by atoms with E-state index in [1.165, 1.54) is 0 Å². The SMILES string of the molecule is CCCOc1c(Cl)cc(/C=N\n2cnnc2-c2ccccc2)cc1OCC. The summed E-state index contributed by atoms with van der Waals surface area (Å²) in [5.41, 5.74) is 1.73. The molecule has 0 radical (unpaired) electrons. The molecule has 3 rings (SSSR count). The van der Waals surface area contributed by atoms with Crippen LogP contribution < -0.4 is 9.47 Å². The van der Waals surface area contributed by atoms with E-state index >= 15 is 0 Å². The van der Waals surface area contributed by atoms with E-state index in [1.807, 2.05) is 50.2 Å². The second-order valence-corrected chi connectivity index (χ2v) is 6.13. The maximum absolute atomic E-state index is 6.40. The van der Waals surface area contributed by atoms with Crippen LogP contribution in [0.3, 0.4) is 0 Å². The standard InChI is InChI=1S/C20H21ClN4O2/c1-3-10-27-19-17(21)11-15(12-18(19)26-4-2)13-23-25-14-22-24-20(25)16-8-6-5-7-9-16/h5-9,11-14H,3-4,10H2,1-2H3/b23-13-. The van der Waals surface area contributed by atoms with E-state index < -0.39 is 0 Å². The molecule has 140 valence electrons. The van der Waals surface area contributed by atoms with Crippen molar-refractivity contribution in [1.29, 1.82) is 0 Å². The van der Waals surface area contributed by atoms with Crippen molar-refractivity contribution in [3.63, 3.8) is 0 Å². The highest BCUT2D eigenvalue weighted by Gasteiger charge is 2.12. The monoisotopic (exact) mass is 384 g/mol. The van der Waals surface area contributed by atoms with Gasteiger partial charge in [0.2, 0.25) is 0 Å². The van der Waals surface area contributed by atoms with Gasteiger partial charge in [0.05, 0.1) is 24.5 Å². The third-order valence-corrected chi connectivity index (χ3v) is 3.96. The van der Waals surface area contributed by atoms with E-state index in [1.54, 1.807) is 23.3 Å². The van der Waals surface area contributed by atoms with E-state index in [0.29, 0.717) is 35.6 Å². The molecule has 2 aromatic carbocycles. The molecule has 0 fully saturated rings. The summed E-state index contributed by atoms with van der Waals surface area (Å²) in [5, 5.41) is 13.0. The molecule has 0 N–H and O–H groups in total. The second kappa shape index (κ2) is 9.19. The van der Waals surface area contributed by atoms with Crippen LogP contribution in [0.15, 0.2) is 53.9 Å². The van der Waals surface area contributed by atoms with Crippen molar-refractivity contribution in [3.8, 4) is 22.9 Å². The Kier molecular flexibility index (Phi) is 6.44. The molecule has 1 aromatic heterocycles. The Bertz CT molecular complexity index is 910. The minimum absolute atomic E-state index is 0.489. The zero-order chi connectivity index (χ0) is 19.1. The minimum atomic E-state index is 0.489. The molecule has 3 aromatic rings. The largest absolute Gasteiger partial charge is 0.490 e. The lowest BCUT2D eigenvalue weighted by Gasteiger charge is -2.13. The molecule has 0 saturated heterocycles. The van der Waals surface area contributed by atoms with Gasteiger partial charge in [-0.15, -0.1) is 10.2 Å². The van der Waals surface area contributed by atoms with Gasteiger partial charge in [-0.2, -0.15) is 9.78 Å². The van der Waals surface area contributed by atoms with Crippen molar-refractivity contribution in [2.75, 3.05) is 13.2 Å². The van der Waals surface area contributed by atoms with Gasteiger partial charge in [-0.1, -0.05) is 48.9 Å². The molecule has 0 amide bonds. The first kappa shape index (κ1) is 18.9. The Morgan fingerprint density at radius 1 is 1.15 bits per heavy atom. The normalized spacial score (nSPS) is 11.1. The van der Waals surface area contributed by atoms with Crippen LogP contribution in [0.25, 0.3) is 11.4 Å². The lowest BCUT2D eigenvalue weighted by Crippen LogP contribution is -2.02. The highest BCUT2D eigenvalue weighted by molar-refractivity contribution is 6.32. The van der Waals surface area contributed by atoms with Crippen molar-refractivity contribution < 1.29 is 9.47 Å². The molecule has 0 aliphatic heterocycles. The van der Waals surface area contributed by atoms with E-state index in [2.05, 4.69) is 15.3 Å². The maximum atomic E-state index is 6.40. The van der Waals surface area contributed by atoms with Gasteiger partial charge in [0.1, 0.15) is 6.33 Å². The van der Waals surface area contributed by atoms with Gasteiger partial charge in [0.15, 0.2) is 17.3 Å². The molecule has 0 bridgehead atoms. The number of hydrogen-bond donors (Lipinski definition) is 0. The predicted molar refractivity (Wildman–Crippen MR) is 107 cm³/mol. The van der Waals surface area contributed by atoms with Crippen LogP contribution in [0.2, 0.25) is 5.02 Å². The summed E-state index contributed by atoms with van der Waals surface area (Å²) >= 11 is 6.40. The highest BCUT2D eigenvalue weighted by atomic mass is 35.5. The van der Waals surface area contributed by atoms with E-state index in [-0.39, 0.29) is 0 Å². The smallest absolute Gasteiger partial charge is 0.184 e. The summed E-state index contributed by atoms with van der Waals surface area (Å²) in [5.74, 6) is 1.82. The fourth-order valence-corrected chi connectivity index (χ4v) is 2.76. The van der Waals surface area contributed by atoms with Gasteiger partial charge in [0, 0.05) is 5.56 Å². The van der Waals surface area contributed by atoms with Gasteiger partial charge in [-0.05, 0) is 31.0 Å². The van der Waals surface area contributed by atoms with Gasteiger partial charge in [-0.25, -0.2) is 0 Å². The zero-order valence-electron chi connectivity index (χ0n) is 15.3. The van der Waals surface area contributed by atoms with Crippen LogP contribution in [0.4, 0.5) is 0 Å². The Morgan fingerprint density at radius 2 is 1.96 bits per heavy atom. The lowest BCUT2D eigenvalue weighted by atomic mass is 10.2. The van der Waals surface area contributed by atoms with E-state index in [0.717, 1.165) is 17.5 Å². The molecule has 0 unspecified atom stereocenters. The molecule has 6 nitrogen and oxygen atoms in total. The van der Waals surface area contributed by atoms with Crippen molar-refractivity contribution in [2.45, 2.75) is 20.3 Å². The number of aromatic nitrogens is 3. The number of nitrogens with zero attached hydrogens (tertiary/aromatic N) is 4. The minimum Gasteiger partial charge on any atom is -0.490 e. The quantitative estimate of drug-likeness (QED) is 0.529. The van der Waals surface area contributed by atoms with Crippen LogP contribution in [0, 0.1) is 0 Å². The Balaban J connectivity index is 1.89. The summed E-state index contributed by atoms with van der Waals surface area (Å²) < 4.78 is 13.0. The number of halogens is 1. The number of hydrogen-bond acceptors (Lipinski definition) is 5. The first-order valence-corrected chi connectivity index (χ1v) is 9.19. The molecule has 1 heterocycles. The zero-order valence-corrected chi connectivity index (χ0v) is 16.1. The Hall–Kier alpha value is -2.86. The van der Waals surface area contributed by atoms with Gasteiger partial charge in [-0.3, -0.25) is 0 Å². The molecule has 0 spiro atoms. The van der Waals surface area contributed by atoms with Crippen molar-refractivity contribution in [1.82, 2.24) is 14.9 Å². The van der Waals surface area contributed by atoms with Crippen LogP contribution in [-0.4, -0.2) is 34.3 Å². The lowest BCUT2D eigenvalue weighted by molar-refractivity contribution is 0.277. The Morgan fingerprint density at radius 3 is 2.70 bits per heavy atom. The summed E-state index contributed by atoms with van der Waals surface area (Å²) in [6, 6.07) is 13.4. The number of rotatable bonds is 8. The average Bonchev–Trinajstić information content (AvgIpc) is 3.15. The third-order valence-electron chi connectivity index (χ3n) is 3.68. The fourth-order valence-electron chi connectivity index (χ4n) is 2.49. The topological polar surface area (TPSA) is 61.5 Å². The summed E-state index contributed by atoms with van der Waals surface area (Å²) in [7, 11) is 0. The first-order chi connectivity index (χ1) is 13.2. The van der Waals surface area contributed by atoms with Crippen LogP contribution in [0.1, 0.15) is 25.8 Å². The van der Waals surface area contributed by atoms with Crippen LogP contribution in [-0.2, 0) is 0 Å². The molecule has 7 heteroatoms. The number of benzene rings is 2. The van der Waals surface area contributed by atoms with Crippen molar-refractivity contribution >= 4 is 17.8 Å². The third kappa shape index (κ3) is 4.65. The average molecular weight is 385 g/mol. The highest BCUT2D eigenvalue weighted by Crippen LogP contribution is 2.36. The van der Waals surface area contributed by atoms with Crippen molar-refractivity contribution in [3.05, 3.63) is 59.4 Å². The fraction of sp³-hybridized carbons (Fsp3) is 0.250.